The van der Waals surface area contributed by atoms with Gasteiger partial charge in [0.25, 0.3) is 0 Å². The lowest BCUT2D eigenvalue weighted by atomic mass is 10.2. The lowest BCUT2D eigenvalue weighted by Gasteiger charge is -2.09. The van der Waals surface area contributed by atoms with Crippen LogP contribution in [0.5, 0.6) is 0 Å². The molecular formula is C9H15N3S. The predicted molar refractivity (Wildman–Crippen MR) is 53.7 cm³/mol. The molecule has 1 N–H and O–H groups in total. The minimum absolute atomic E-state index is 0.643. The van der Waals surface area contributed by atoms with Crippen LogP contribution < -0.4 is 5.32 Å². The molecule has 0 amide bonds. The Morgan fingerprint density at radius 3 is 2.85 bits per heavy atom. The Bertz CT molecular complexity index is 280. The molecule has 2 rings (SSSR count). The van der Waals surface area contributed by atoms with Crippen molar-refractivity contribution < 1.29 is 0 Å². The fraction of sp³-hybridized carbons (Fsp3) is 0.778. The van der Waals surface area contributed by atoms with E-state index < -0.39 is 0 Å². The van der Waals surface area contributed by atoms with E-state index >= 15 is 0 Å². The molecule has 72 valence electrons. The van der Waals surface area contributed by atoms with Gasteiger partial charge in [0.05, 0.1) is 0 Å². The van der Waals surface area contributed by atoms with Gasteiger partial charge >= 0.3 is 0 Å². The van der Waals surface area contributed by atoms with Gasteiger partial charge in [-0.1, -0.05) is 0 Å². The molecule has 1 aliphatic rings. The molecular weight excluding hydrogens is 182 g/mol. The molecule has 1 aliphatic carbocycles. The van der Waals surface area contributed by atoms with E-state index in [-0.39, 0.29) is 0 Å². The first-order valence-electron chi connectivity index (χ1n) is 4.78. The van der Waals surface area contributed by atoms with E-state index in [0.29, 0.717) is 6.04 Å². The highest BCUT2D eigenvalue weighted by Crippen LogP contribution is 2.32. The quantitative estimate of drug-likeness (QED) is 0.799. The Hall–Kier alpha value is -0.480. The summed E-state index contributed by atoms with van der Waals surface area (Å²) in [6.45, 7) is 5.13. The van der Waals surface area contributed by atoms with Gasteiger partial charge in [-0.25, -0.2) is 0 Å². The van der Waals surface area contributed by atoms with Gasteiger partial charge < -0.3 is 5.32 Å². The van der Waals surface area contributed by atoms with Crippen molar-refractivity contribution in [1.82, 2.24) is 15.5 Å². The summed E-state index contributed by atoms with van der Waals surface area (Å²) in [7, 11) is 0. The summed E-state index contributed by atoms with van der Waals surface area (Å²) in [6.07, 6.45) is 2.78. The van der Waals surface area contributed by atoms with Crippen molar-refractivity contribution in [2.45, 2.75) is 39.3 Å². The maximum atomic E-state index is 4.07. The van der Waals surface area contributed by atoms with Crippen LogP contribution in [0.25, 0.3) is 0 Å². The van der Waals surface area contributed by atoms with Crippen LogP contribution in [0.1, 0.15) is 29.8 Å². The fourth-order valence-corrected chi connectivity index (χ4v) is 2.08. The van der Waals surface area contributed by atoms with Crippen LogP contribution in [-0.2, 0) is 6.54 Å². The van der Waals surface area contributed by atoms with Gasteiger partial charge in [-0.15, -0.1) is 21.5 Å². The molecule has 1 fully saturated rings. The number of aromatic nitrogens is 2. The topological polar surface area (TPSA) is 37.8 Å². The molecule has 13 heavy (non-hydrogen) atoms. The molecule has 0 saturated heterocycles. The number of nitrogens with one attached hydrogen (secondary N) is 1. The zero-order valence-corrected chi connectivity index (χ0v) is 8.90. The average Bonchev–Trinajstić information content (AvgIpc) is 2.87. The molecule has 0 spiro atoms. The zero-order valence-electron chi connectivity index (χ0n) is 8.08. The van der Waals surface area contributed by atoms with E-state index in [2.05, 4.69) is 22.4 Å². The molecule has 3 nitrogen and oxygen atoms in total. The number of hydrogen-bond donors (Lipinski definition) is 1. The minimum Gasteiger partial charge on any atom is -0.308 e. The second-order valence-corrected chi connectivity index (χ2v) is 4.99. The first-order chi connectivity index (χ1) is 6.25. The van der Waals surface area contributed by atoms with Crippen molar-refractivity contribution in [3.8, 4) is 0 Å². The van der Waals surface area contributed by atoms with Crippen molar-refractivity contribution >= 4 is 11.3 Å². The summed E-state index contributed by atoms with van der Waals surface area (Å²) in [5.74, 6) is 0.911. The second-order valence-electron chi connectivity index (χ2n) is 3.72. The van der Waals surface area contributed by atoms with Gasteiger partial charge in [0.2, 0.25) is 0 Å². The molecule has 0 aliphatic heterocycles. The SMILES string of the molecule is Cc1nnc(CNC(C)C2CC2)s1. The maximum Gasteiger partial charge on any atom is 0.131 e. The summed E-state index contributed by atoms with van der Waals surface area (Å²) in [5, 5.41) is 13.7. The van der Waals surface area contributed by atoms with Crippen LogP contribution in [0.2, 0.25) is 0 Å². The standard InChI is InChI=1S/C9H15N3S/c1-6(8-3-4-8)10-5-9-12-11-7(2)13-9/h6,8,10H,3-5H2,1-2H3. The minimum atomic E-state index is 0.643. The van der Waals surface area contributed by atoms with Crippen LogP contribution in [0.4, 0.5) is 0 Å². The fourth-order valence-electron chi connectivity index (χ4n) is 1.42. The van der Waals surface area contributed by atoms with Gasteiger partial charge in [0, 0.05) is 12.6 Å². The summed E-state index contributed by atoms with van der Waals surface area (Å²) in [4.78, 5) is 0. The Balaban J connectivity index is 1.78. The Morgan fingerprint density at radius 1 is 1.54 bits per heavy atom. The molecule has 1 atom stereocenters. The van der Waals surface area contributed by atoms with E-state index in [9.17, 15) is 0 Å². The van der Waals surface area contributed by atoms with Gasteiger partial charge in [0.15, 0.2) is 0 Å². The summed E-state index contributed by atoms with van der Waals surface area (Å²) in [6, 6.07) is 0.643. The van der Waals surface area contributed by atoms with Crippen molar-refractivity contribution in [3.05, 3.63) is 10.0 Å². The Morgan fingerprint density at radius 2 is 2.31 bits per heavy atom. The van der Waals surface area contributed by atoms with Crippen molar-refractivity contribution in [2.75, 3.05) is 0 Å². The first kappa shape index (κ1) is 9.09. The van der Waals surface area contributed by atoms with Crippen LogP contribution in [0, 0.1) is 12.8 Å². The monoisotopic (exact) mass is 197 g/mol. The average molecular weight is 197 g/mol. The highest BCUT2D eigenvalue weighted by molar-refractivity contribution is 7.11. The number of nitrogens with zero attached hydrogens (tertiary/aromatic N) is 2. The molecule has 1 unspecified atom stereocenters. The Kier molecular flexibility index (Phi) is 2.60. The number of hydrogen-bond acceptors (Lipinski definition) is 4. The molecule has 4 heteroatoms. The van der Waals surface area contributed by atoms with Crippen LogP contribution in [-0.4, -0.2) is 16.2 Å². The number of rotatable bonds is 4. The predicted octanol–water partition coefficient (Wildman–Crippen LogP) is 1.73. The normalized spacial score (nSPS) is 18.9. The molecule has 0 aromatic carbocycles. The van der Waals surface area contributed by atoms with Crippen LogP contribution in [0.3, 0.4) is 0 Å². The van der Waals surface area contributed by atoms with Crippen molar-refractivity contribution in [2.24, 2.45) is 5.92 Å². The molecule has 1 aromatic heterocycles. The van der Waals surface area contributed by atoms with Crippen LogP contribution >= 0.6 is 11.3 Å². The third-order valence-electron chi connectivity index (χ3n) is 2.47. The lowest BCUT2D eigenvalue weighted by molar-refractivity contribution is 0.494. The van der Waals surface area contributed by atoms with E-state index in [1.54, 1.807) is 11.3 Å². The van der Waals surface area contributed by atoms with Crippen molar-refractivity contribution in [1.29, 1.82) is 0 Å². The Labute approximate surface area is 82.6 Å². The third kappa shape index (κ3) is 2.48. The van der Waals surface area contributed by atoms with Gasteiger partial charge in [-0.2, -0.15) is 0 Å². The van der Waals surface area contributed by atoms with Crippen LogP contribution in [0.15, 0.2) is 0 Å². The van der Waals surface area contributed by atoms with E-state index in [1.807, 2.05) is 6.92 Å². The third-order valence-corrected chi connectivity index (χ3v) is 3.31. The molecule has 0 bridgehead atoms. The number of aryl methyl sites for hydroxylation is 1. The molecule has 1 saturated carbocycles. The van der Waals surface area contributed by atoms with Gasteiger partial charge in [0.1, 0.15) is 10.0 Å². The summed E-state index contributed by atoms with van der Waals surface area (Å²) < 4.78 is 0. The second kappa shape index (κ2) is 3.72. The highest BCUT2D eigenvalue weighted by Gasteiger charge is 2.27. The van der Waals surface area contributed by atoms with Gasteiger partial charge in [-0.3, -0.25) is 0 Å². The molecule has 1 heterocycles. The van der Waals surface area contributed by atoms with Crippen molar-refractivity contribution in [3.63, 3.8) is 0 Å². The van der Waals surface area contributed by atoms with E-state index in [4.69, 9.17) is 0 Å². The lowest BCUT2D eigenvalue weighted by Crippen LogP contribution is -2.27. The van der Waals surface area contributed by atoms with Gasteiger partial charge in [-0.05, 0) is 32.6 Å². The van der Waals surface area contributed by atoms with E-state index in [1.165, 1.54) is 12.8 Å². The molecule has 0 radical (unpaired) electrons. The smallest absolute Gasteiger partial charge is 0.131 e. The summed E-state index contributed by atoms with van der Waals surface area (Å²) >= 11 is 1.68. The highest BCUT2D eigenvalue weighted by atomic mass is 32.1. The maximum absolute atomic E-state index is 4.07. The largest absolute Gasteiger partial charge is 0.308 e. The summed E-state index contributed by atoms with van der Waals surface area (Å²) in [5.41, 5.74) is 0. The molecule has 1 aromatic rings. The van der Waals surface area contributed by atoms with E-state index in [0.717, 1.165) is 22.5 Å². The first-order valence-corrected chi connectivity index (χ1v) is 5.59. The zero-order chi connectivity index (χ0) is 9.26.